The minimum Gasteiger partial charge on any atom is -0.480 e. The van der Waals surface area contributed by atoms with Crippen molar-refractivity contribution >= 4 is 17.9 Å². The number of nitrogen functional groups attached to an aromatic ring is 1. The van der Waals surface area contributed by atoms with Crippen LogP contribution in [-0.4, -0.2) is 27.1 Å². The molecule has 0 aliphatic rings. The molecule has 2 rings (SSSR count). The van der Waals surface area contributed by atoms with Gasteiger partial charge in [-0.15, -0.1) is 0 Å². The fourth-order valence-corrected chi connectivity index (χ4v) is 1.61. The van der Waals surface area contributed by atoms with Crippen LogP contribution in [0.5, 0.6) is 0 Å². The van der Waals surface area contributed by atoms with Gasteiger partial charge in [-0.25, -0.2) is 0 Å². The monoisotopic (exact) mass is 245 g/mol. The lowest BCUT2D eigenvalue weighted by atomic mass is 10.1. The van der Waals surface area contributed by atoms with Crippen LogP contribution >= 0.6 is 0 Å². The molecular weight excluding hydrogens is 234 g/mol. The summed E-state index contributed by atoms with van der Waals surface area (Å²) in [6.45, 7) is -0.282. The lowest BCUT2D eigenvalue weighted by molar-refractivity contribution is -0.137. The highest BCUT2D eigenvalue weighted by molar-refractivity contribution is 5.85. The van der Waals surface area contributed by atoms with Gasteiger partial charge in [-0.05, 0) is 12.1 Å². The molecule has 0 saturated carbocycles. The molecule has 1 aromatic heterocycles. The van der Waals surface area contributed by atoms with Crippen molar-refractivity contribution in [3.63, 3.8) is 0 Å². The Morgan fingerprint density at radius 2 is 2.06 bits per heavy atom. The summed E-state index contributed by atoms with van der Waals surface area (Å²) < 4.78 is 1.22. The fourth-order valence-electron chi connectivity index (χ4n) is 1.61. The zero-order chi connectivity index (χ0) is 13.1. The van der Waals surface area contributed by atoms with Crippen molar-refractivity contribution in [2.24, 2.45) is 0 Å². The molecule has 1 aromatic carbocycles. The average molecular weight is 245 g/mol. The van der Waals surface area contributed by atoms with E-state index >= 15 is 0 Å². The van der Waals surface area contributed by atoms with Gasteiger partial charge in [-0.2, -0.15) is 5.10 Å². The van der Waals surface area contributed by atoms with Gasteiger partial charge < -0.3 is 10.8 Å². The molecule has 2 aromatic rings. The molecule has 0 unspecified atom stereocenters. The Balaban J connectivity index is 2.42. The van der Waals surface area contributed by atoms with Gasteiger partial charge in [0.2, 0.25) is 0 Å². The van der Waals surface area contributed by atoms with Crippen molar-refractivity contribution in [1.29, 1.82) is 0 Å². The maximum atomic E-state index is 10.9. The highest BCUT2D eigenvalue weighted by Crippen LogP contribution is 2.21. The number of carbonyl (C=O) groups is 2. The van der Waals surface area contributed by atoms with Gasteiger partial charge in [0, 0.05) is 17.4 Å². The molecule has 0 aliphatic heterocycles. The molecule has 0 fully saturated rings. The van der Waals surface area contributed by atoms with E-state index in [-0.39, 0.29) is 6.54 Å². The summed E-state index contributed by atoms with van der Waals surface area (Å²) in [6, 6.07) is 6.85. The minimum absolute atomic E-state index is 0.282. The van der Waals surface area contributed by atoms with Crippen molar-refractivity contribution in [2.45, 2.75) is 6.54 Å². The van der Waals surface area contributed by atoms with E-state index in [1.807, 2.05) is 0 Å². The Labute approximate surface area is 103 Å². The molecule has 3 N–H and O–H groups in total. The molecule has 0 radical (unpaired) electrons. The molecule has 18 heavy (non-hydrogen) atoms. The molecule has 0 atom stereocenters. The largest absolute Gasteiger partial charge is 0.480 e. The maximum absolute atomic E-state index is 10.9. The third-order valence-corrected chi connectivity index (χ3v) is 2.40. The summed E-state index contributed by atoms with van der Waals surface area (Å²) in [5.74, 6) is -1.01. The number of rotatable bonds is 4. The number of hydrogen-bond donors (Lipinski definition) is 2. The predicted octanol–water partition coefficient (Wildman–Crippen LogP) is 1.03. The minimum atomic E-state index is -1.01. The maximum Gasteiger partial charge on any atom is 0.325 e. The van der Waals surface area contributed by atoms with Gasteiger partial charge in [0.05, 0.1) is 5.56 Å². The summed E-state index contributed by atoms with van der Waals surface area (Å²) in [5.41, 5.74) is 7.70. The van der Waals surface area contributed by atoms with Crippen LogP contribution in [0.4, 0.5) is 5.69 Å². The van der Waals surface area contributed by atoms with E-state index in [1.165, 1.54) is 10.9 Å². The molecule has 0 bridgehead atoms. The predicted molar refractivity (Wildman–Crippen MR) is 65.1 cm³/mol. The molecule has 0 amide bonds. The van der Waals surface area contributed by atoms with E-state index < -0.39 is 5.97 Å². The Morgan fingerprint density at radius 1 is 1.39 bits per heavy atom. The molecule has 6 nitrogen and oxygen atoms in total. The first-order chi connectivity index (χ1) is 8.60. The highest BCUT2D eigenvalue weighted by Gasteiger charge is 2.11. The number of carboxylic acids is 1. The normalized spacial score (nSPS) is 10.2. The van der Waals surface area contributed by atoms with Crippen molar-refractivity contribution < 1.29 is 14.7 Å². The van der Waals surface area contributed by atoms with E-state index in [9.17, 15) is 9.59 Å². The van der Waals surface area contributed by atoms with E-state index in [2.05, 4.69) is 5.10 Å². The second kappa shape index (κ2) is 4.70. The summed E-state index contributed by atoms with van der Waals surface area (Å²) in [5, 5.41) is 12.8. The van der Waals surface area contributed by atoms with Crippen molar-refractivity contribution in [2.75, 3.05) is 5.73 Å². The number of carboxylic acid groups (broad SMARTS) is 1. The molecule has 1 heterocycles. The van der Waals surface area contributed by atoms with Crippen LogP contribution in [0.1, 0.15) is 10.4 Å². The number of nitrogens with zero attached hydrogens (tertiary/aromatic N) is 2. The number of aliphatic carboxylic acids is 1. The zero-order valence-electron chi connectivity index (χ0n) is 9.41. The van der Waals surface area contributed by atoms with Crippen molar-refractivity contribution in [1.82, 2.24) is 9.78 Å². The summed E-state index contributed by atoms with van der Waals surface area (Å²) in [6.07, 6.45) is 2.06. The number of anilines is 1. The van der Waals surface area contributed by atoms with Gasteiger partial charge >= 0.3 is 5.97 Å². The van der Waals surface area contributed by atoms with E-state index in [4.69, 9.17) is 10.8 Å². The van der Waals surface area contributed by atoms with Gasteiger partial charge in [-0.1, -0.05) is 12.1 Å². The first-order valence-electron chi connectivity index (χ1n) is 5.20. The second-order valence-corrected chi connectivity index (χ2v) is 3.76. The zero-order valence-corrected chi connectivity index (χ0v) is 9.41. The fraction of sp³-hybridized carbons (Fsp3) is 0.0833. The van der Waals surface area contributed by atoms with Gasteiger partial charge in [0.25, 0.3) is 0 Å². The summed E-state index contributed by atoms with van der Waals surface area (Å²) in [7, 11) is 0. The second-order valence-electron chi connectivity index (χ2n) is 3.76. The van der Waals surface area contributed by atoms with Crippen LogP contribution in [0, 0.1) is 0 Å². The van der Waals surface area contributed by atoms with Gasteiger partial charge in [-0.3, -0.25) is 14.3 Å². The lowest BCUT2D eigenvalue weighted by Gasteiger charge is -1.99. The Hall–Kier alpha value is -2.63. The number of carbonyl (C=O) groups excluding carboxylic acids is 1. The molecule has 92 valence electrons. The van der Waals surface area contributed by atoms with Crippen LogP contribution in [0.25, 0.3) is 11.3 Å². The third kappa shape index (κ3) is 2.37. The summed E-state index contributed by atoms with van der Waals surface area (Å²) in [4.78, 5) is 21.5. The number of aldehydes is 1. The van der Waals surface area contributed by atoms with Crippen LogP contribution in [-0.2, 0) is 11.3 Å². The molecule has 0 spiro atoms. The highest BCUT2D eigenvalue weighted by atomic mass is 16.4. The smallest absolute Gasteiger partial charge is 0.325 e. The van der Waals surface area contributed by atoms with Crippen LogP contribution in [0.15, 0.2) is 30.5 Å². The van der Waals surface area contributed by atoms with E-state index in [1.54, 1.807) is 24.3 Å². The Morgan fingerprint density at radius 3 is 2.61 bits per heavy atom. The van der Waals surface area contributed by atoms with Crippen molar-refractivity contribution in [3.8, 4) is 11.3 Å². The van der Waals surface area contributed by atoms with Gasteiger partial charge in [0.1, 0.15) is 12.2 Å². The first-order valence-corrected chi connectivity index (χ1v) is 5.20. The molecule has 0 aliphatic carbocycles. The molecular formula is C12H11N3O3. The number of nitrogens with two attached hydrogens (primary N) is 1. The van der Waals surface area contributed by atoms with Crippen molar-refractivity contribution in [3.05, 3.63) is 36.0 Å². The standard InChI is InChI=1S/C12H11N3O3/c13-10-3-1-8(2-4-10)12-9(7-16)5-15(14-12)6-11(17)18/h1-5,7H,6,13H2,(H,17,18). The SMILES string of the molecule is Nc1ccc(-c2nn(CC(=O)O)cc2C=O)cc1. The van der Waals surface area contributed by atoms with E-state index in [0.717, 1.165) is 5.56 Å². The van der Waals surface area contributed by atoms with Crippen LogP contribution in [0.3, 0.4) is 0 Å². The molecule has 6 heteroatoms. The molecule has 0 saturated heterocycles. The summed E-state index contributed by atoms with van der Waals surface area (Å²) >= 11 is 0. The van der Waals surface area contributed by atoms with Crippen LogP contribution in [0.2, 0.25) is 0 Å². The van der Waals surface area contributed by atoms with Gasteiger partial charge in [0.15, 0.2) is 6.29 Å². The number of benzene rings is 1. The van der Waals surface area contributed by atoms with E-state index in [0.29, 0.717) is 23.2 Å². The first kappa shape index (κ1) is 11.8. The topological polar surface area (TPSA) is 98.2 Å². The Kier molecular flexibility index (Phi) is 3.09. The number of hydrogen-bond acceptors (Lipinski definition) is 4. The quantitative estimate of drug-likeness (QED) is 0.619. The Bertz CT molecular complexity index is 587. The number of aromatic nitrogens is 2. The average Bonchev–Trinajstić information content (AvgIpc) is 2.72. The third-order valence-electron chi connectivity index (χ3n) is 2.40. The lowest BCUT2D eigenvalue weighted by Crippen LogP contribution is -2.08. The van der Waals surface area contributed by atoms with Crippen LogP contribution < -0.4 is 5.73 Å².